The highest BCUT2D eigenvalue weighted by Gasteiger charge is 2.54. The van der Waals surface area contributed by atoms with Gasteiger partial charge >= 0.3 is 11.9 Å². The minimum absolute atomic E-state index is 0.0101. The quantitative estimate of drug-likeness (QED) is 0.0750. The number of hydrogen-bond acceptors (Lipinski definition) is 13. The minimum atomic E-state index is -0.878. The van der Waals surface area contributed by atoms with Gasteiger partial charge in [-0.05, 0) is 103 Å². The van der Waals surface area contributed by atoms with Crippen LogP contribution in [0.5, 0.6) is 34.5 Å². The molecule has 346 valence electrons. The maximum atomic E-state index is 13.6. The number of methoxy groups -OCH3 is 4. The van der Waals surface area contributed by atoms with Crippen LogP contribution >= 0.6 is 11.6 Å². The van der Waals surface area contributed by atoms with Gasteiger partial charge in [-0.15, -0.1) is 0 Å². The average Bonchev–Trinajstić information content (AvgIpc) is 4.02. The molecule has 16 nitrogen and oxygen atoms in total. The summed E-state index contributed by atoms with van der Waals surface area (Å²) in [6.45, 7) is 2.54. The third-order valence-electron chi connectivity index (χ3n) is 12.4. The van der Waals surface area contributed by atoms with Gasteiger partial charge in [0.25, 0.3) is 5.91 Å². The van der Waals surface area contributed by atoms with E-state index in [9.17, 15) is 24.0 Å². The van der Waals surface area contributed by atoms with Gasteiger partial charge in [0.2, 0.25) is 24.4 Å². The molecule has 1 aliphatic carbocycles. The number of halogens is 1. The number of esters is 2. The van der Waals surface area contributed by atoms with E-state index in [1.807, 2.05) is 13.0 Å². The second-order valence-electron chi connectivity index (χ2n) is 16.2. The first-order valence-electron chi connectivity index (χ1n) is 21.6. The molecule has 3 aliphatic rings. The highest BCUT2D eigenvalue weighted by molar-refractivity contribution is 6.30. The Morgan fingerprint density at radius 1 is 0.773 bits per heavy atom. The normalized spacial score (nSPS) is 17.9. The molecule has 17 heteroatoms. The summed E-state index contributed by atoms with van der Waals surface area (Å²) in [4.78, 5) is 66.7. The summed E-state index contributed by atoms with van der Waals surface area (Å²) in [5, 5.41) is 7.04. The minimum Gasteiger partial charge on any atom is -0.497 e. The maximum absolute atomic E-state index is 13.6. The van der Waals surface area contributed by atoms with Crippen molar-refractivity contribution in [1.82, 2.24) is 15.2 Å². The second kappa shape index (κ2) is 19.7. The largest absolute Gasteiger partial charge is 0.497 e. The molecule has 66 heavy (non-hydrogen) atoms. The third-order valence-corrected chi connectivity index (χ3v) is 12.7. The molecule has 2 N–H and O–H groups in total. The fraction of sp³-hybridized carbons (Fsp3) is 0.367. The lowest BCUT2D eigenvalue weighted by Crippen LogP contribution is -2.36. The predicted octanol–water partition coefficient (Wildman–Crippen LogP) is 6.61. The van der Waals surface area contributed by atoms with Gasteiger partial charge in [-0.3, -0.25) is 28.5 Å². The number of aromatic nitrogens is 1. The fourth-order valence-electron chi connectivity index (χ4n) is 9.17. The SMILES string of the molecule is COc1ccc2c(c1)c(CC(=O)NCCCCNC(=O)CCC(=O)O[C@@H]1c3cc4c(cc3[C@H](c3cc(OC)c(OC)c(OC)c3)[C@@H]3C(=O)OCC13)OCO4)c(C)n2C(=O)c1ccc(Cl)cc1. The number of carbonyl (C=O) groups excluding carboxylic acids is 5. The van der Waals surface area contributed by atoms with Crippen LogP contribution in [0.2, 0.25) is 5.02 Å². The lowest BCUT2D eigenvalue weighted by atomic mass is 9.66. The van der Waals surface area contributed by atoms with Crippen molar-refractivity contribution in [2.24, 2.45) is 11.8 Å². The van der Waals surface area contributed by atoms with Crippen LogP contribution in [0, 0.1) is 18.8 Å². The fourth-order valence-corrected chi connectivity index (χ4v) is 9.30. The molecule has 4 aromatic carbocycles. The van der Waals surface area contributed by atoms with Crippen LogP contribution < -0.4 is 39.1 Å². The van der Waals surface area contributed by atoms with Crippen LogP contribution in [0.4, 0.5) is 0 Å². The summed E-state index contributed by atoms with van der Waals surface area (Å²) >= 11 is 6.06. The lowest BCUT2D eigenvalue weighted by Gasteiger charge is -2.38. The molecule has 1 saturated heterocycles. The van der Waals surface area contributed by atoms with Crippen molar-refractivity contribution >= 4 is 52.2 Å². The number of rotatable bonds is 17. The van der Waals surface area contributed by atoms with E-state index in [2.05, 4.69) is 10.6 Å². The monoisotopic (exact) mass is 923 g/mol. The molecule has 0 bridgehead atoms. The number of amides is 2. The Morgan fingerprint density at radius 2 is 1.44 bits per heavy atom. The zero-order chi connectivity index (χ0) is 46.6. The van der Waals surface area contributed by atoms with Crippen molar-refractivity contribution in [3.8, 4) is 34.5 Å². The van der Waals surface area contributed by atoms with E-state index < -0.39 is 35.8 Å². The Balaban J connectivity index is 0.852. The van der Waals surface area contributed by atoms with E-state index >= 15 is 0 Å². The topological polar surface area (TPSA) is 188 Å². The average molecular weight is 924 g/mol. The second-order valence-corrected chi connectivity index (χ2v) is 16.6. The van der Waals surface area contributed by atoms with Crippen molar-refractivity contribution in [3.63, 3.8) is 0 Å². The number of fused-ring (bicyclic) bond motifs is 4. The Hall–Kier alpha value is -6.94. The number of nitrogens with zero attached hydrogens (tertiary/aromatic N) is 1. The van der Waals surface area contributed by atoms with Crippen molar-refractivity contribution in [2.75, 3.05) is 54.9 Å². The van der Waals surface area contributed by atoms with Crippen LogP contribution in [-0.2, 0) is 35.1 Å². The van der Waals surface area contributed by atoms with E-state index in [0.717, 1.165) is 5.39 Å². The summed E-state index contributed by atoms with van der Waals surface area (Å²) in [5.74, 6) is -0.920. The standard InChI is InChI=1S/C49H50ClN3O13/c1-26-31(32-20-30(59-2)12-13-36(32)53(26)48(57)27-8-10-29(50)11-9-27)23-42(55)52-17-7-6-16-51-41(54)14-15-43(56)66-46-34-22-38-37(64-25-65-38)21-33(34)44(45-35(46)24-63-49(45)58)28-18-39(60-3)47(62-5)40(19-28)61-4/h8-13,18-22,35,44-46H,6-7,14-17,23-25H2,1-5H3,(H,51,54)(H,52,55)/t35?,44-,45+,46+/m0/s1. The summed E-state index contributed by atoms with van der Waals surface area (Å²) < 4.78 is 47.1. The molecule has 0 saturated carbocycles. The number of unbranched alkanes of at least 4 members (excludes halogenated alkanes) is 1. The highest BCUT2D eigenvalue weighted by atomic mass is 35.5. The van der Waals surface area contributed by atoms with E-state index in [-0.39, 0.29) is 50.4 Å². The van der Waals surface area contributed by atoms with Gasteiger partial charge in [0.1, 0.15) is 11.9 Å². The number of ether oxygens (including phenoxy) is 8. The molecule has 4 atom stereocenters. The third kappa shape index (κ3) is 9.01. The van der Waals surface area contributed by atoms with E-state index in [1.165, 1.54) is 21.3 Å². The van der Waals surface area contributed by atoms with Crippen molar-refractivity contribution in [3.05, 3.63) is 105 Å². The Kier molecular flexibility index (Phi) is 13.6. The first kappa shape index (κ1) is 45.6. The molecule has 8 rings (SSSR count). The van der Waals surface area contributed by atoms with Gasteiger partial charge in [0.15, 0.2) is 23.0 Å². The number of nitrogens with one attached hydrogen (secondary N) is 2. The van der Waals surface area contributed by atoms with Crippen molar-refractivity contribution in [1.29, 1.82) is 0 Å². The van der Waals surface area contributed by atoms with E-state index in [4.69, 9.17) is 49.5 Å². The summed E-state index contributed by atoms with van der Waals surface area (Å²) in [5.41, 5.74) is 4.48. The molecule has 2 aliphatic heterocycles. The highest BCUT2D eigenvalue weighted by Crippen LogP contribution is 2.56. The van der Waals surface area contributed by atoms with E-state index in [0.29, 0.717) is 104 Å². The molecule has 1 aromatic heterocycles. The Bertz CT molecular complexity index is 2670. The zero-order valence-electron chi connectivity index (χ0n) is 37.2. The smallest absolute Gasteiger partial charge is 0.310 e. The lowest BCUT2D eigenvalue weighted by molar-refractivity contribution is -0.155. The zero-order valence-corrected chi connectivity index (χ0v) is 37.9. The molecular formula is C49H50ClN3O13. The molecule has 0 radical (unpaired) electrons. The van der Waals surface area contributed by atoms with Gasteiger partial charge in [-0.1, -0.05) is 11.6 Å². The van der Waals surface area contributed by atoms with Crippen LogP contribution in [0.15, 0.2) is 66.7 Å². The predicted molar refractivity (Wildman–Crippen MR) is 240 cm³/mol. The molecular weight excluding hydrogens is 874 g/mol. The van der Waals surface area contributed by atoms with Crippen LogP contribution in [0.1, 0.15) is 76.0 Å². The molecule has 2 amide bonds. The van der Waals surface area contributed by atoms with Crippen molar-refractivity contribution < 1.29 is 61.9 Å². The van der Waals surface area contributed by atoms with Gasteiger partial charge in [-0.2, -0.15) is 0 Å². The van der Waals surface area contributed by atoms with Gasteiger partial charge in [0, 0.05) is 58.6 Å². The van der Waals surface area contributed by atoms with Crippen LogP contribution in [-0.4, -0.2) is 89.2 Å². The maximum Gasteiger partial charge on any atom is 0.310 e. The van der Waals surface area contributed by atoms with Crippen LogP contribution in [0.25, 0.3) is 10.9 Å². The molecule has 1 fully saturated rings. The van der Waals surface area contributed by atoms with Crippen molar-refractivity contribution in [2.45, 2.75) is 51.0 Å². The summed E-state index contributed by atoms with van der Waals surface area (Å²) in [6.07, 6.45) is -0.00569. The number of cyclic esters (lactones) is 1. The first-order valence-corrected chi connectivity index (χ1v) is 21.9. The first-order chi connectivity index (χ1) is 31.9. The molecule has 3 heterocycles. The van der Waals surface area contributed by atoms with Gasteiger partial charge in [0.05, 0.1) is 59.3 Å². The molecule has 5 aromatic rings. The molecule has 0 spiro atoms. The van der Waals surface area contributed by atoms with E-state index in [1.54, 1.807) is 72.3 Å². The summed E-state index contributed by atoms with van der Waals surface area (Å²) in [6, 6.07) is 19.2. The number of carbonyl (C=O) groups is 5. The summed E-state index contributed by atoms with van der Waals surface area (Å²) in [7, 11) is 6.09. The number of hydrogen-bond donors (Lipinski definition) is 2. The number of benzene rings is 4. The van der Waals surface area contributed by atoms with Crippen LogP contribution in [0.3, 0.4) is 0 Å². The Labute approximate surface area is 385 Å². The van der Waals surface area contributed by atoms with Gasteiger partial charge in [-0.25, -0.2) is 0 Å². The molecule has 1 unspecified atom stereocenters. The van der Waals surface area contributed by atoms with Gasteiger partial charge < -0.3 is 48.5 Å². The Morgan fingerprint density at radius 3 is 2.09 bits per heavy atom.